The molecule has 1 fully saturated rings. The summed E-state index contributed by atoms with van der Waals surface area (Å²) in [6, 6.07) is 0. The third-order valence-electron chi connectivity index (χ3n) is 1.43. The fourth-order valence-corrected chi connectivity index (χ4v) is 0.862. The lowest BCUT2D eigenvalue weighted by molar-refractivity contribution is -0.185. The Bertz CT molecular complexity index is 141. The van der Waals surface area contributed by atoms with Crippen molar-refractivity contribution < 1.29 is 14.3 Å². The van der Waals surface area contributed by atoms with Crippen molar-refractivity contribution in [3.05, 3.63) is 0 Å². The van der Waals surface area contributed by atoms with Gasteiger partial charge in [0.2, 0.25) is 0 Å². The molecule has 0 radical (unpaired) electrons. The second-order valence-electron chi connectivity index (χ2n) is 2.51. The summed E-state index contributed by atoms with van der Waals surface area (Å²) in [5.41, 5.74) is 10.6. The number of cyclic esters (lactones) is 2. The molecule has 1 rings (SSSR count). The number of rotatable bonds is 4. The molecule has 0 aliphatic carbocycles. The van der Waals surface area contributed by atoms with Crippen molar-refractivity contribution in [3.8, 4) is 0 Å². The van der Waals surface area contributed by atoms with Gasteiger partial charge in [-0.05, 0) is 12.8 Å². The summed E-state index contributed by atoms with van der Waals surface area (Å²) in [6.45, 7) is 0. The quantitative estimate of drug-likeness (QED) is 0.442. The van der Waals surface area contributed by atoms with Gasteiger partial charge in [0.05, 0.1) is 6.17 Å². The van der Waals surface area contributed by atoms with Crippen molar-refractivity contribution in [2.75, 3.05) is 0 Å². The van der Waals surface area contributed by atoms with Gasteiger partial charge in [-0.2, -0.15) is 0 Å². The topological polar surface area (TPSA) is 87.6 Å². The van der Waals surface area contributed by atoms with Crippen LogP contribution in [0.1, 0.15) is 19.3 Å². The lowest BCUT2D eigenvalue weighted by Gasteiger charge is -2.25. The Balaban J connectivity index is 1.92. The highest BCUT2D eigenvalue weighted by atomic mass is 16.9. The molecule has 0 atom stereocenters. The van der Waals surface area contributed by atoms with Gasteiger partial charge in [0.1, 0.15) is 0 Å². The van der Waals surface area contributed by atoms with E-state index < -0.39 is 6.16 Å². The molecule has 1 aliphatic rings. The van der Waals surface area contributed by atoms with Crippen molar-refractivity contribution in [2.24, 2.45) is 11.5 Å². The first kappa shape index (κ1) is 8.29. The van der Waals surface area contributed by atoms with Crippen molar-refractivity contribution in [1.29, 1.82) is 0 Å². The molecule has 0 aromatic rings. The first-order valence-corrected chi connectivity index (χ1v) is 3.57. The summed E-state index contributed by atoms with van der Waals surface area (Å²) in [5.74, 6) is 0. The average Bonchev–Trinajstić information content (AvgIpc) is 1.83. The minimum Gasteiger partial charge on any atom is -0.394 e. The number of carbonyl (C=O) groups is 1. The van der Waals surface area contributed by atoms with E-state index in [0.29, 0.717) is 6.42 Å². The normalized spacial score (nSPS) is 17.5. The second kappa shape index (κ2) is 3.54. The summed E-state index contributed by atoms with van der Waals surface area (Å²) in [6.07, 6.45) is 0.975. The Morgan fingerprint density at radius 3 is 2.55 bits per heavy atom. The smallest absolute Gasteiger partial charge is 0.394 e. The molecule has 0 saturated carbocycles. The molecule has 0 amide bonds. The standard InChI is InChI=1S/C6H12N2O3/c7-4(8)2-1-3-5-10-6(9)11-5/h4-5H,1-3,7-8H2. The molecule has 0 bridgehead atoms. The van der Waals surface area contributed by atoms with Crippen LogP contribution in [0.15, 0.2) is 0 Å². The van der Waals surface area contributed by atoms with Gasteiger partial charge in [-0.25, -0.2) is 4.79 Å². The molecule has 5 heteroatoms. The van der Waals surface area contributed by atoms with Gasteiger partial charge in [-0.3, -0.25) is 0 Å². The maximum absolute atomic E-state index is 10.1. The van der Waals surface area contributed by atoms with Crippen molar-refractivity contribution in [1.82, 2.24) is 0 Å². The third kappa shape index (κ3) is 2.73. The SMILES string of the molecule is NC(N)CCCC1OC(=O)O1. The zero-order valence-corrected chi connectivity index (χ0v) is 6.16. The molecule has 1 heterocycles. The van der Waals surface area contributed by atoms with E-state index in [1.165, 1.54) is 0 Å². The molecule has 0 aromatic carbocycles. The summed E-state index contributed by atoms with van der Waals surface area (Å²) < 4.78 is 9.16. The summed E-state index contributed by atoms with van der Waals surface area (Å²) >= 11 is 0. The molecule has 1 saturated heterocycles. The summed E-state index contributed by atoms with van der Waals surface area (Å²) in [5, 5.41) is 0. The molecular formula is C6H12N2O3. The van der Waals surface area contributed by atoms with Crippen LogP contribution in [0.25, 0.3) is 0 Å². The average molecular weight is 160 g/mol. The van der Waals surface area contributed by atoms with Gasteiger partial charge in [-0.15, -0.1) is 0 Å². The highest BCUT2D eigenvalue weighted by molar-refractivity contribution is 5.63. The van der Waals surface area contributed by atoms with Gasteiger partial charge < -0.3 is 20.9 Å². The lowest BCUT2D eigenvalue weighted by Crippen LogP contribution is -2.36. The van der Waals surface area contributed by atoms with Crippen molar-refractivity contribution >= 4 is 6.16 Å². The van der Waals surface area contributed by atoms with Crippen LogP contribution >= 0.6 is 0 Å². The van der Waals surface area contributed by atoms with E-state index in [9.17, 15) is 4.79 Å². The van der Waals surface area contributed by atoms with Crippen LogP contribution in [0.2, 0.25) is 0 Å². The predicted molar refractivity (Wildman–Crippen MR) is 37.4 cm³/mol. The molecular weight excluding hydrogens is 148 g/mol. The molecule has 1 aliphatic heterocycles. The zero-order valence-electron chi connectivity index (χ0n) is 6.16. The lowest BCUT2D eigenvalue weighted by atomic mass is 10.2. The van der Waals surface area contributed by atoms with Crippen LogP contribution in [0.3, 0.4) is 0 Å². The van der Waals surface area contributed by atoms with Crippen LogP contribution in [-0.4, -0.2) is 18.6 Å². The Labute approximate surface area is 64.6 Å². The summed E-state index contributed by atoms with van der Waals surface area (Å²) in [7, 11) is 0. The van der Waals surface area contributed by atoms with E-state index in [1.807, 2.05) is 0 Å². The summed E-state index contributed by atoms with van der Waals surface area (Å²) in [4.78, 5) is 10.1. The molecule has 4 N–H and O–H groups in total. The van der Waals surface area contributed by atoms with Gasteiger partial charge in [0.15, 0.2) is 0 Å². The Kier molecular flexibility index (Phi) is 2.67. The first-order valence-electron chi connectivity index (χ1n) is 3.57. The Morgan fingerprint density at radius 1 is 1.45 bits per heavy atom. The fraction of sp³-hybridized carbons (Fsp3) is 0.833. The highest BCUT2D eigenvalue weighted by Gasteiger charge is 2.29. The van der Waals surface area contributed by atoms with Crippen LogP contribution < -0.4 is 11.5 Å². The van der Waals surface area contributed by atoms with Crippen molar-refractivity contribution in [2.45, 2.75) is 31.7 Å². The van der Waals surface area contributed by atoms with Crippen molar-refractivity contribution in [3.63, 3.8) is 0 Å². The van der Waals surface area contributed by atoms with Gasteiger partial charge in [0, 0.05) is 6.42 Å². The largest absolute Gasteiger partial charge is 0.514 e. The number of nitrogens with two attached hydrogens (primary N) is 2. The van der Waals surface area contributed by atoms with Crippen LogP contribution in [0.5, 0.6) is 0 Å². The highest BCUT2D eigenvalue weighted by Crippen LogP contribution is 2.16. The molecule has 0 spiro atoms. The van der Waals surface area contributed by atoms with E-state index in [1.54, 1.807) is 0 Å². The molecule has 0 aromatic heterocycles. The maximum Gasteiger partial charge on any atom is 0.514 e. The van der Waals surface area contributed by atoms with E-state index in [2.05, 4.69) is 9.47 Å². The van der Waals surface area contributed by atoms with Crippen LogP contribution in [-0.2, 0) is 9.47 Å². The molecule has 5 nitrogen and oxygen atoms in total. The van der Waals surface area contributed by atoms with Crippen LogP contribution in [0, 0.1) is 0 Å². The first-order chi connectivity index (χ1) is 5.18. The number of hydrogen-bond acceptors (Lipinski definition) is 5. The minimum absolute atomic E-state index is 0.286. The van der Waals surface area contributed by atoms with E-state index >= 15 is 0 Å². The number of ether oxygens (including phenoxy) is 2. The Hall–Kier alpha value is -0.810. The monoisotopic (exact) mass is 160 g/mol. The van der Waals surface area contributed by atoms with Gasteiger partial charge in [-0.1, -0.05) is 0 Å². The predicted octanol–water partition coefficient (Wildman–Crippen LogP) is -0.107. The minimum atomic E-state index is -0.591. The van der Waals surface area contributed by atoms with Gasteiger partial charge in [0.25, 0.3) is 6.29 Å². The molecule has 0 unspecified atom stereocenters. The number of hydrogen-bond donors (Lipinski definition) is 2. The van der Waals surface area contributed by atoms with E-state index in [4.69, 9.17) is 11.5 Å². The second-order valence-corrected chi connectivity index (χ2v) is 2.51. The third-order valence-corrected chi connectivity index (χ3v) is 1.43. The molecule has 11 heavy (non-hydrogen) atoms. The fourth-order valence-electron chi connectivity index (χ4n) is 0.862. The maximum atomic E-state index is 10.1. The molecule has 64 valence electrons. The van der Waals surface area contributed by atoms with Gasteiger partial charge >= 0.3 is 6.16 Å². The van der Waals surface area contributed by atoms with E-state index in [0.717, 1.165) is 12.8 Å². The number of carbonyl (C=O) groups excluding carboxylic acids is 1. The Morgan fingerprint density at radius 2 is 2.09 bits per heavy atom. The van der Waals surface area contributed by atoms with Crippen LogP contribution in [0.4, 0.5) is 4.79 Å². The van der Waals surface area contributed by atoms with E-state index in [-0.39, 0.29) is 12.5 Å². The zero-order chi connectivity index (χ0) is 8.27.